The van der Waals surface area contributed by atoms with Gasteiger partial charge in [0.25, 0.3) is 0 Å². The molecule has 2 aromatic heterocycles. The zero-order valence-corrected chi connectivity index (χ0v) is 16.0. The Morgan fingerprint density at radius 3 is 2.59 bits per heavy atom. The summed E-state index contributed by atoms with van der Waals surface area (Å²) >= 11 is 0. The van der Waals surface area contributed by atoms with Crippen molar-refractivity contribution < 1.29 is 18.1 Å². The predicted octanol–water partition coefficient (Wildman–Crippen LogP) is 3.02. The van der Waals surface area contributed by atoms with Gasteiger partial charge in [-0.15, -0.1) is 0 Å². The number of nitriles is 1. The van der Waals surface area contributed by atoms with Gasteiger partial charge in [0.05, 0.1) is 12.2 Å². The second-order valence-electron chi connectivity index (χ2n) is 6.84. The fraction of sp³-hybridized carbons (Fsp3) is 0.316. The molecule has 0 saturated carbocycles. The average Bonchev–Trinajstić information content (AvgIpc) is 3.31. The summed E-state index contributed by atoms with van der Waals surface area (Å²) in [5, 5.41) is 19.5. The second kappa shape index (κ2) is 8.18. The summed E-state index contributed by atoms with van der Waals surface area (Å²) in [4.78, 5) is 16.2. The number of carbonyl (C=O) groups is 1. The van der Waals surface area contributed by atoms with E-state index in [4.69, 9.17) is 9.78 Å². The molecule has 1 unspecified atom stereocenters. The average molecular weight is 400 g/mol. The molecule has 0 radical (unpaired) electrons. The molecule has 1 amide bonds. The fourth-order valence-corrected chi connectivity index (χ4v) is 2.62. The third-order valence-electron chi connectivity index (χ3n) is 4.08. The number of aromatic nitrogens is 4. The number of hydrogen-bond acceptors (Lipinski definition) is 6. The number of hydrogen-bond donors (Lipinski definition) is 1. The summed E-state index contributed by atoms with van der Waals surface area (Å²) in [7, 11) is 0. The monoisotopic (exact) mass is 400 g/mol. The lowest BCUT2D eigenvalue weighted by Crippen LogP contribution is -2.36. The van der Waals surface area contributed by atoms with Crippen LogP contribution < -0.4 is 5.32 Å². The van der Waals surface area contributed by atoms with Crippen molar-refractivity contribution in [3.8, 4) is 17.3 Å². The summed E-state index contributed by atoms with van der Waals surface area (Å²) in [6, 6.07) is 4.84. The molecule has 0 spiro atoms. The largest absolute Gasteiger partial charge is 0.344 e. The number of nitrogens with zero attached hydrogens (tertiary/aromatic N) is 5. The van der Waals surface area contributed by atoms with Crippen LogP contribution in [0.25, 0.3) is 11.3 Å². The van der Waals surface area contributed by atoms with Gasteiger partial charge in [0.1, 0.15) is 23.3 Å². The predicted molar refractivity (Wildman–Crippen MR) is 97.6 cm³/mol. The summed E-state index contributed by atoms with van der Waals surface area (Å²) < 4.78 is 34.1. The van der Waals surface area contributed by atoms with E-state index < -0.39 is 23.1 Å². The van der Waals surface area contributed by atoms with Gasteiger partial charge >= 0.3 is 11.8 Å². The van der Waals surface area contributed by atoms with Crippen LogP contribution in [0, 0.1) is 23.0 Å². The van der Waals surface area contributed by atoms with Crippen molar-refractivity contribution in [2.75, 3.05) is 0 Å². The van der Waals surface area contributed by atoms with Crippen molar-refractivity contribution in [1.29, 1.82) is 5.26 Å². The van der Waals surface area contributed by atoms with Crippen LogP contribution in [0.15, 0.2) is 28.9 Å². The van der Waals surface area contributed by atoms with Crippen molar-refractivity contribution in [2.45, 2.75) is 39.3 Å². The van der Waals surface area contributed by atoms with E-state index in [1.807, 2.05) is 13.8 Å². The molecule has 0 aliphatic rings. The molecule has 0 aliphatic heterocycles. The molecule has 0 fully saturated rings. The van der Waals surface area contributed by atoms with Crippen molar-refractivity contribution in [3.63, 3.8) is 0 Å². The minimum absolute atomic E-state index is 0.0390. The van der Waals surface area contributed by atoms with Crippen LogP contribution in [0.5, 0.6) is 0 Å². The highest BCUT2D eigenvalue weighted by atomic mass is 19.1. The van der Waals surface area contributed by atoms with Gasteiger partial charge < -0.3 is 9.84 Å². The number of benzene rings is 1. The zero-order valence-electron chi connectivity index (χ0n) is 16.0. The maximum absolute atomic E-state index is 13.8. The Morgan fingerprint density at radius 1 is 1.31 bits per heavy atom. The topological polar surface area (TPSA) is 110 Å². The maximum Gasteiger partial charge on any atom is 0.315 e. The fourth-order valence-electron chi connectivity index (χ4n) is 2.62. The van der Waals surface area contributed by atoms with Crippen LogP contribution in [-0.2, 0) is 6.54 Å². The first kappa shape index (κ1) is 20.1. The zero-order chi connectivity index (χ0) is 21.1. The van der Waals surface area contributed by atoms with Gasteiger partial charge in [0, 0.05) is 23.7 Å². The Hall–Kier alpha value is -3.61. The maximum atomic E-state index is 13.8. The molecular weight excluding hydrogens is 382 g/mol. The van der Waals surface area contributed by atoms with Gasteiger partial charge in [-0.3, -0.25) is 9.48 Å². The molecule has 29 heavy (non-hydrogen) atoms. The molecule has 0 saturated heterocycles. The molecule has 0 bridgehead atoms. The van der Waals surface area contributed by atoms with Gasteiger partial charge in [-0.1, -0.05) is 19.0 Å². The molecule has 0 aliphatic carbocycles. The third-order valence-corrected chi connectivity index (χ3v) is 4.08. The van der Waals surface area contributed by atoms with Gasteiger partial charge in [-0.2, -0.15) is 15.3 Å². The Bertz CT molecular complexity index is 1060. The molecule has 8 nitrogen and oxygen atoms in total. The minimum Gasteiger partial charge on any atom is -0.344 e. The van der Waals surface area contributed by atoms with E-state index in [9.17, 15) is 13.6 Å². The lowest BCUT2D eigenvalue weighted by atomic mass is 10.1. The summed E-state index contributed by atoms with van der Waals surface area (Å²) in [5.74, 6) is -2.03. The minimum atomic E-state index is -0.946. The Kier molecular flexibility index (Phi) is 5.68. The van der Waals surface area contributed by atoms with E-state index in [1.165, 1.54) is 10.8 Å². The molecule has 1 atom stereocenters. The summed E-state index contributed by atoms with van der Waals surface area (Å²) in [5.41, 5.74) is -0.0861. The van der Waals surface area contributed by atoms with Crippen molar-refractivity contribution in [1.82, 2.24) is 25.2 Å². The van der Waals surface area contributed by atoms with E-state index in [0.717, 1.165) is 12.1 Å². The quantitative estimate of drug-likeness (QED) is 0.681. The Balaban J connectivity index is 1.66. The SMILES string of the molecule is CC(Cn1ccc(-c2cc(F)c(C#N)c(F)c2)n1)NC(=O)c1nc(C(C)C)no1. The summed E-state index contributed by atoms with van der Waals surface area (Å²) in [6.45, 7) is 5.84. The molecule has 150 valence electrons. The van der Waals surface area contributed by atoms with Crippen molar-refractivity contribution in [2.24, 2.45) is 0 Å². The third kappa shape index (κ3) is 4.45. The first-order valence-electron chi connectivity index (χ1n) is 8.86. The lowest BCUT2D eigenvalue weighted by Gasteiger charge is -2.12. The molecule has 1 aromatic carbocycles. The van der Waals surface area contributed by atoms with Crippen LogP contribution in [0.2, 0.25) is 0 Å². The van der Waals surface area contributed by atoms with Gasteiger partial charge in [-0.25, -0.2) is 8.78 Å². The smallest absolute Gasteiger partial charge is 0.315 e. The number of carbonyl (C=O) groups excluding carboxylic acids is 1. The van der Waals surface area contributed by atoms with Gasteiger partial charge in [-0.05, 0) is 25.1 Å². The van der Waals surface area contributed by atoms with Crippen LogP contribution >= 0.6 is 0 Å². The first-order valence-corrected chi connectivity index (χ1v) is 8.86. The van der Waals surface area contributed by atoms with Gasteiger partial charge in [0.2, 0.25) is 0 Å². The van der Waals surface area contributed by atoms with Crippen LogP contribution in [0.1, 0.15) is 48.8 Å². The van der Waals surface area contributed by atoms with E-state index in [0.29, 0.717) is 18.1 Å². The summed E-state index contributed by atoms with van der Waals surface area (Å²) in [6.07, 6.45) is 1.62. The normalized spacial score (nSPS) is 12.0. The van der Waals surface area contributed by atoms with E-state index in [1.54, 1.807) is 19.2 Å². The highest BCUT2D eigenvalue weighted by Crippen LogP contribution is 2.22. The Labute approximate surface area is 165 Å². The molecule has 3 aromatic rings. The van der Waals surface area contributed by atoms with Gasteiger partial charge in [0.15, 0.2) is 5.82 Å². The number of halogens is 2. The Morgan fingerprint density at radius 2 is 2.00 bits per heavy atom. The lowest BCUT2D eigenvalue weighted by molar-refractivity contribution is 0.0891. The molecule has 2 heterocycles. The van der Waals surface area contributed by atoms with Crippen LogP contribution in [0.4, 0.5) is 8.78 Å². The van der Waals surface area contributed by atoms with E-state index in [-0.39, 0.29) is 23.4 Å². The second-order valence-corrected chi connectivity index (χ2v) is 6.84. The van der Waals surface area contributed by atoms with E-state index >= 15 is 0 Å². The molecule has 1 N–H and O–H groups in total. The van der Waals surface area contributed by atoms with Crippen molar-refractivity contribution in [3.05, 3.63) is 53.3 Å². The standard InChI is InChI=1S/C19H18F2N6O2/c1-10(2)17-24-19(29-26-17)18(28)23-11(3)9-27-5-4-16(25-27)12-6-14(20)13(8-22)15(21)7-12/h4-7,10-11H,9H2,1-3H3,(H,23,28). The van der Waals surface area contributed by atoms with Crippen molar-refractivity contribution >= 4 is 5.91 Å². The van der Waals surface area contributed by atoms with Crippen LogP contribution in [0.3, 0.4) is 0 Å². The highest BCUT2D eigenvalue weighted by Gasteiger charge is 2.19. The molecular formula is C19H18F2N6O2. The van der Waals surface area contributed by atoms with Crippen LogP contribution in [-0.4, -0.2) is 31.9 Å². The number of amides is 1. The number of rotatable bonds is 6. The molecule has 10 heteroatoms. The van der Waals surface area contributed by atoms with E-state index in [2.05, 4.69) is 20.6 Å². The highest BCUT2D eigenvalue weighted by molar-refractivity contribution is 5.89. The molecule has 3 rings (SSSR count). The number of nitrogens with one attached hydrogen (secondary N) is 1. The first-order chi connectivity index (χ1) is 13.8.